The second-order valence-electron chi connectivity index (χ2n) is 7.05. The zero-order chi connectivity index (χ0) is 19.5. The highest BCUT2D eigenvalue weighted by molar-refractivity contribution is 14.0. The van der Waals surface area contributed by atoms with Gasteiger partial charge in [-0.1, -0.05) is 13.8 Å². The highest BCUT2D eigenvalue weighted by Crippen LogP contribution is 2.16. The molecule has 0 amide bonds. The fourth-order valence-electron chi connectivity index (χ4n) is 3.03. The number of nitrogens with one attached hydrogen (secondary N) is 2. The number of hydrogen-bond acceptors (Lipinski definition) is 5. The van der Waals surface area contributed by atoms with Crippen molar-refractivity contribution < 1.29 is 14.2 Å². The van der Waals surface area contributed by atoms with Crippen LogP contribution < -0.4 is 20.1 Å². The van der Waals surface area contributed by atoms with E-state index in [4.69, 9.17) is 14.2 Å². The zero-order valence-corrected chi connectivity index (χ0v) is 19.8. The van der Waals surface area contributed by atoms with Crippen LogP contribution in [0, 0.1) is 5.92 Å². The first-order valence-corrected chi connectivity index (χ1v) is 9.66. The van der Waals surface area contributed by atoms with Crippen LogP contribution in [0.5, 0.6) is 11.5 Å². The molecule has 1 aromatic rings. The molecule has 0 radical (unpaired) electrons. The summed E-state index contributed by atoms with van der Waals surface area (Å²) in [5.74, 6) is 3.08. The van der Waals surface area contributed by atoms with Crippen molar-refractivity contribution in [2.45, 2.75) is 20.0 Å². The smallest absolute Gasteiger partial charge is 0.191 e. The molecule has 1 aliphatic rings. The van der Waals surface area contributed by atoms with E-state index in [1.54, 1.807) is 14.2 Å². The van der Waals surface area contributed by atoms with Crippen LogP contribution in [0.1, 0.15) is 13.8 Å². The Labute approximate surface area is 186 Å². The summed E-state index contributed by atoms with van der Waals surface area (Å²) < 4.78 is 16.7. The minimum absolute atomic E-state index is 0. The average molecular weight is 506 g/mol. The molecule has 0 saturated carbocycles. The fraction of sp³-hybridized carbons (Fsp3) is 0.650. The van der Waals surface area contributed by atoms with Gasteiger partial charge in [0.2, 0.25) is 0 Å². The molecule has 1 fully saturated rings. The Morgan fingerprint density at radius 3 is 2.61 bits per heavy atom. The van der Waals surface area contributed by atoms with E-state index in [0.717, 1.165) is 50.2 Å². The van der Waals surface area contributed by atoms with Crippen LogP contribution in [0.15, 0.2) is 29.3 Å². The van der Waals surface area contributed by atoms with E-state index in [9.17, 15) is 0 Å². The molecule has 0 bridgehead atoms. The van der Waals surface area contributed by atoms with E-state index >= 15 is 0 Å². The minimum Gasteiger partial charge on any atom is -0.497 e. The van der Waals surface area contributed by atoms with Gasteiger partial charge in [0.1, 0.15) is 18.1 Å². The average Bonchev–Trinajstić information content (AvgIpc) is 2.67. The lowest BCUT2D eigenvalue weighted by Crippen LogP contribution is -2.50. The van der Waals surface area contributed by atoms with Crippen LogP contribution >= 0.6 is 24.0 Å². The monoisotopic (exact) mass is 506 g/mol. The number of morpholine rings is 1. The van der Waals surface area contributed by atoms with Crippen molar-refractivity contribution in [1.82, 2.24) is 15.5 Å². The Bertz CT molecular complexity index is 569. The second kappa shape index (κ2) is 13.8. The molecule has 160 valence electrons. The summed E-state index contributed by atoms with van der Waals surface area (Å²) in [5.41, 5.74) is 0. The molecule has 0 aromatic heterocycles. The molecule has 2 N–H and O–H groups in total. The molecule has 1 saturated heterocycles. The van der Waals surface area contributed by atoms with Gasteiger partial charge in [-0.2, -0.15) is 0 Å². The van der Waals surface area contributed by atoms with Crippen molar-refractivity contribution in [3.05, 3.63) is 24.3 Å². The van der Waals surface area contributed by atoms with Crippen LogP contribution in [0.3, 0.4) is 0 Å². The Hall–Kier alpha value is -1.26. The number of hydrogen-bond donors (Lipinski definition) is 2. The third kappa shape index (κ3) is 9.29. The summed E-state index contributed by atoms with van der Waals surface area (Å²) in [6, 6.07) is 7.57. The molecule has 8 heteroatoms. The normalized spacial score (nSPS) is 17.8. The van der Waals surface area contributed by atoms with Crippen LogP contribution in [0.4, 0.5) is 0 Å². The molecular weight excluding hydrogens is 471 g/mol. The molecule has 2 rings (SSSR count). The first kappa shape index (κ1) is 24.8. The van der Waals surface area contributed by atoms with Gasteiger partial charge >= 0.3 is 0 Å². The number of guanidine groups is 1. The lowest BCUT2D eigenvalue weighted by Gasteiger charge is -2.34. The van der Waals surface area contributed by atoms with Crippen molar-refractivity contribution >= 4 is 29.9 Å². The highest BCUT2D eigenvalue weighted by Gasteiger charge is 2.20. The van der Waals surface area contributed by atoms with Gasteiger partial charge in [0.25, 0.3) is 0 Å². The summed E-state index contributed by atoms with van der Waals surface area (Å²) in [6.45, 7) is 10.4. The van der Waals surface area contributed by atoms with Gasteiger partial charge in [0.15, 0.2) is 5.96 Å². The second-order valence-corrected chi connectivity index (χ2v) is 7.05. The van der Waals surface area contributed by atoms with E-state index in [1.807, 2.05) is 24.3 Å². The number of halogens is 1. The highest BCUT2D eigenvalue weighted by atomic mass is 127. The fourth-order valence-corrected chi connectivity index (χ4v) is 3.03. The Kier molecular flexibility index (Phi) is 12.2. The van der Waals surface area contributed by atoms with Crippen molar-refractivity contribution in [2.75, 3.05) is 60.1 Å². The van der Waals surface area contributed by atoms with Gasteiger partial charge in [0.05, 0.1) is 26.4 Å². The minimum atomic E-state index is 0. The molecule has 1 atom stereocenters. The van der Waals surface area contributed by atoms with E-state index in [2.05, 4.69) is 34.4 Å². The molecular formula is C20H35IN4O3. The van der Waals surface area contributed by atoms with Crippen molar-refractivity contribution in [2.24, 2.45) is 10.9 Å². The molecule has 1 unspecified atom stereocenters. The summed E-state index contributed by atoms with van der Waals surface area (Å²) in [5, 5.41) is 6.61. The SMILES string of the molecule is CN=C(NCCOc1ccc(OC)cc1)NCC1CN(CC(C)C)CCO1.I. The summed E-state index contributed by atoms with van der Waals surface area (Å²) >= 11 is 0. The number of rotatable bonds is 9. The third-order valence-corrected chi connectivity index (χ3v) is 4.29. The molecule has 1 aromatic carbocycles. The first-order chi connectivity index (χ1) is 13.1. The Morgan fingerprint density at radius 1 is 1.25 bits per heavy atom. The topological polar surface area (TPSA) is 67.4 Å². The number of nitrogens with zero attached hydrogens (tertiary/aromatic N) is 2. The van der Waals surface area contributed by atoms with E-state index < -0.39 is 0 Å². The van der Waals surface area contributed by atoms with Gasteiger partial charge in [-0.05, 0) is 30.2 Å². The molecule has 0 spiro atoms. The van der Waals surface area contributed by atoms with Crippen LogP contribution in [0.2, 0.25) is 0 Å². The van der Waals surface area contributed by atoms with Crippen molar-refractivity contribution in [3.63, 3.8) is 0 Å². The first-order valence-electron chi connectivity index (χ1n) is 9.66. The molecule has 1 heterocycles. The van der Waals surface area contributed by atoms with Crippen LogP contribution in [-0.2, 0) is 4.74 Å². The number of aliphatic imine (C=N–C) groups is 1. The van der Waals surface area contributed by atoms with Crippen molar-refractivity contribution in [1.29, 1.82) is 0 Å². The van der Waals surface area contributed by atoms with Gasteiger partial charge < -0.3 is 24.8 Å². The number of methoxy groups -OCH3 is 1. The molecule has 0 aliphatic carbocycles. The number of ether oxygens (including phenoxy) is 3. The van der Waals surface area contributed by atoms with Gasteiger partial charge in [-0.15, -0.1) is 24.0 Å². The lowest BCUT2D eigenvalue weighted by atomic mass is 10.2. The van der Waals surface area contributed by atoms with E-state index in [-0.39, 0.29) is 30.1 Å². The quantitative estimate of drug-likeness (QED) is 0.232. The van der Waals surface area contributed by atoms with E-state index in [0.29, 0.717) is 19.1 Å². The standard InChI is InChI=1S/C20H34N4O3.HI/c1-16(2)14-24-10-12-27-19(15-24)13-23-20(21-3)22-9-11-26-18-7-5-17(25-4)6-8-18;/h5-8,16,19H,9-15H2,1-4H3,(H2,21,22,23);1H. The van der Waals surface area contributed by atoms with Gasteiger partial charge in [-0.3, -0.25) is 9.89 Å². The predicted molar refractivity (Wildman–Crippen MR) is 124 cm³/mol. The number of benzene rings is 1. The van der Waals surface area contributed by atoms with Gasteiger partial charge in [-0.25, -0.2) is 0 Å². The third-order valence-electron chi connectivity index (χ3n) is 4.29. The molecule has 28 heavy (non-hydrogen) atoms. The summed E-state index contributed by atoms with van der Waals surface area (Å²) in [6.07, 6.45) is 0.187. The van der Waals surface area contributed by atoms with Crippen LogP contribution in [-0.4, -0.2) is 77.1 Å². The van der Waals surface area contributed by atoms with Gasteiger partial charge in [0, 0.05) is 33.2 Å². The maximum absolute atomic E-state index is 5.87. The summed E-state index contributed by atoms with van der Waals surface area (Å²) in [4.78, 5) is 6.73. The maximum Gasteiger partial charge on any atom is 0.191 e. The molecule has 1 aliphatic heterocycles. The van der Waals surface area contributed by atoms with Crippen molar-refractivity contribution in [3.8, 4) is 11.5 Å². The summed E-state index contributed by atoms with van der Waals surface area (Å²) in [7, 11) is 3.42. The zero-order valence-electron chi connectivity index (χ0n) is 17.4. The Balaban J connectivity index is 0.00000392. The van der Waals surface area contributed by atoms with E-state index in [1.165, 1.54) is 0 Å². The predicted octanol–water partition coefficient (Wildman–Crippen LogP) is 2.21. The largest absolute Gasteiger partial charge is 0.497 e. The lowest BCUT2D eigenvalue weighted by molar-refractivity contribution is -0.0284. The molecule has 7 nitrogen and oxygen atoms in total. The van der Waals surface area contributed by atoms with Crippen LogP contribution in [0.25, 0.3) is 0 Å². The maximum atomic E-state index is 5.87. The Morgan fingerprint density at radius 2 is 1.96 bits per heavy atom.